The van der Waals surface area contributed by atoms with E-state index in [0.29, 0.717) is 112 Å². The molecule has 2 rings (SSSR count). The Kier molecular flexibility index (Phi) is 22.9. The summed E-state index contributed by atoms with van der Waals surface area (Å²) in [4.78, 5) is 0. The van der Waals surface area contributed by atoms with Crippen LogP contribution in [0.3, 0.4) is 0 Å². The van der Waals surface area contributed by atoms with Crippen LogP contribution in [0.2, 0.25) is 0 Å². The van der Waals surface area contributed by atoms with Gasteiger partial charge in [0.2, 0.25) is 0 Å². The fourth-order valence-corrected chi connectivity index (χ4v) is 3.46. The van der Waals surface area contributed by atoms with Gasteiger partial charge in [0.25, 0.3) is 0 Å². The molecule has 0 aliphatic heterocycles. The number of hydrogen-bond donors (Lipinski definition) is 1. The van der Waals surface area contributed by atoms with Gasteiger partial charge in [-0.15, -0.1) is 0 Å². The molecule has 1 N–H and O–H groups in total. The molecule has 0 atom stereocenters. The number of ether oxygens (including phenoxy) is 9. The smallest absolute Gasteiger partial charge is 0.119 e. The molecule has 10 nitrogen and oxygen atoms in total. The molecule has 0 aromatic heterocycles. The fraction of sp³-hybridized carbons (Fsp3) is 0.613. The second-order valence-corrected chi connectivity index (χ2v) is 8.78. The highest BCUT2D eigenvalue weighted by Gasteiger charge is 1.99. The second kappa shape index (κ2) is 26.8. The number of hydrogen-bond acceptors (Lipinski definition) is 10. The van der Waals surface area contributed by atoms with Crippen LogP contribution in [0.1, 0.15) is 11.1 Å². The summed E-state index contributed by atoms with van der Waals surface area (Å²) in [6.45, 7) is 8.49. The van der Waals surface area contributed by atoms with Gasteiger partial charge in [0.15, 0.2) is 0 Å². The average molecular weight is 581 g/mol. The minimum atomic E-state index is 0.0279. The van der Waals surface area contributed by atoms with Crippen LogP contribution in [0.25, 0.3) is 0 Å². The van der Waals surface area contributed by atoms with Crippen LogP contribution in [0, 0.1) is 0 Å². The normalized spacial score (nSPS) is 11.2. The van der Waals surface area contributed by atoms with Crippen LogP contribution in [0.15, 0.2) is 54.6 Å². The first-order valence-electron chi connectivity index (χ1n) is 14.4. The lowest BCUT2D eigenvalue weighted by atomic mass is 10.1. The molecule has 2 aromatic rings. The standard InChI is InChI=1S/C31H48O10/c32-10-11-33-12-13-34-14-15-35-16-17-36-18-19-37-20-21-38-22-23-39-24-25-40-26-27-41-31-8-6-30(7-9-31)28-29-4-2-1-3-5-29/h1-9,32H,10-28H2. The predicted octanol–water partition coefficient (Wildman–Crippen LogP) is 2.78. The zero-order valence-corrected chi connectivity index (χ0v) is 24.3. The summed E-state index contributed by atoms with van der Waals surface area (Å²) in [5.41, 5.74) is 2.56. The quantitative estimate of drug-likeness (QED) is 0.145. The number of aliphatic hydroxyl groups excluding tert-OH is 1. The third-order valence-corrected chi connectivity index (χ3v) is 5.51. The Morgan fingerprint density at radius 1 is 0.366 bits per heavy atom. The highest BCUT2D eigenvalue weighted by Crippen LogP contribution is 2.15. The molecule has 232 valence electrons. The Morgan fingerprint density at radius 2 is 0.707 bits per heavy atom. The van der Waals surface area contributed by atoms with Gasteiger partial charge in [-0.1, -0.05) is 42.5 Å². The van der Waals surface area contributed by atoms with Gasteiger partial charge in [0.1, 0.15) is 12.4 Å². The minimum absolute atomic E-state index is 0.0279. The lowest BCUT2D eigenvalue weighted by Crippen LogP contribution is -2.15. The highest BCUT2D eigenvalue weighted by molar-refractivity contribution is 5.31. The maximum absolute atomic E-state index is 8.57. The Balaban J connectivity index is 1.23. The van der Waals surface area contributed by atoms with Crippen molar-refractivity contribution in [1.29, 1.82) is 0 Å². The van der Waals surface area contributed by atoms with E-state index in [2.05, 4.69) is 36.4 Å². The molecular weight excluding hydrogens is 532 g/mol. The van der Waals surface area contributed by atoms with Crippen LogP contribution in [0.4, 0.5) is 0 Å². The first-order valence-corrected chi connectivity index (χ1v) is 14.4. The summed E-state index contributed by atoms with van der Waals surface area (Å²) in [5, 5.41) is 8.57. The zero-order valence-electron chi connectivity index (χ0n) is 24.3. The number of aliphatic hydroxyl groups is 1. The highest BCUT2D eigenvalue weighted by atomic mass is 16.6. The van der Waals surface area contributed by atoms with E-state index in [1.807, 2.05) is 18.2 Å². The van der Waals surface area contributed by atoms with Crippen molar-refractivity contribution in [1.82, 2.24) is 0 Å². The average Bonchev–Trinajstić information content (AvgIpc) is 3.00. The van der Waals surface area contributed by atoms with Crippen molar-refractivity contribution in [2.45, 2.75) is 6.42 Å². The van der Waals surface area contributed by atoms with Crippen molar-refractivity contribution < 1.29 is 47.7 Å². The van der Waals surface area contributed by atoms with E-state index >= 15 is 0 Å². The van der Waals surface area contributed by atoms with Crippen molar-refractivity contribution in [2.24, 2.45) is 0 Å². The van der Waals surface area contributed by atoms with E-state index in [0.717, 1.165) is 12.2 Å². The van der Waals surface area contributed by atoms with Crippen molar-refractivity contribution >= 4 is 0 Å². The first kappa shape index (κ1) is 35.1. The first-order chi connectivity index (χ1) is 20.4. The van der Waals surface area contributed by atoms with E-state index in [-0.39, 0.29) is 6.61 Å². The molecule has 10 heteroatoms. The van der Waals surface area contributed by atoms with Gasteiger partial charge in [-0.05, 0) is 29.7 Å². The lowest BCUT2D eigenvalue weighted by Gasteiger charge is -2.09. The fourth-order valence-electron chi connectivity index (χ4n) is 3.46. The van der Waals surface area contributed by atoms with E-state index in [9.17, 15) is 0 Å². The van der Waals surface area contributed by atoms with Gasteiger partial charge in [0, 0.05) is 0 Å². The number of benzene rings is 2. The van der Waals surface area contributed by atoms with Gasteiger partial charge >= 0.3 is 0 Å². The van der Waals surface area contributed by atoms with Gasteiger partial charge in [-0.3, -0.25) is 0 Å². The van der Waals surface area contributed by atoms with Gasteiger partial charge in [0.05, 0.1) is 112 Å². The Bertz CT molecular complexity index is 806. The summed E-state index contributed by atoms with van der Waals surface area (Å²) in [5.74, 6) is 0.844. The molecule has 0 aliphatic carbocycles. The van der Waals surface area contributed by atoms with Crippen LogP contribution in [0.5, 0.6) is 5.75 Å². The molecule has 0 fully saturated rings. The van der Waals surface area contributed by atoms with Gasteiger partial charge in [-0.2, -0.15) is 0 Å². The van der Waals surface area contributed by atoms with Crippen molar-refractivity contribution in [3.05, 3.63) is 65.7 Å². The van der Waals surface area contributed by atoms with Crippen LogP contribution < -0.4 is 4.74 Å². The second-order valence-electron chi connectivity index (χ2n) is 8.78. The molecule has 0 spiro atoms. The number of rotatable bonds is 29. The van der Waals surface area contributed by atoms with Crippen LogP contribution >= 0.6 is 0 Å². The largest absolute Gasteiger partial charge is 0.491 e. The van der Waals surface area contributed by atoms with Gasteiger partial charge in [-0.25, -0.2) is 0 Å². The Morgan fingerprint density at radius 3 is 1.10 bits per heavy atom. The maximum Gasteiger partial charge on any atom is 0.119 e. The topological polar surface area (TPSA) is 103 Å². The van der Waals surface area contributed by atoms with Crippen LogP contribution in [-0.4, -0.2) is 124 Å². The molecule has 41 heavy (non-hydrogen) atoms. The molecule has 0 saturated carbocycles. The summed E-state index contributed by atoms with van der Waals surface area (Å²) in [7, 11) is 0. The molecule has 0 radical (unpaired) electrons. The predicted molar refractivity (Wildman–Crippen MR) is 155 cm³/mol. The Hall–Kier alpha value is -2.12. The van der Waals surface area contributed by atoms with Crippen molar-refractivity contribution in [3.63, 3.8) is 0 Å². The third kappa shape index (κ3) is 21.3. The van der Waals surface area contributed by atoms with E-state index in [4.69, 9.17) is 47.7 Å². The molecule has 0 amide bonds. The maximum atomic E-state index is 8.57. The summed E-state index contributed by atoms with van der Waals surface area (Å²) in [6.07, 6.45) is 0.916. The van der Waals surface area contributed by atoms with Crippen molar-refractivity contribution in [3.8, 4) is 5.75 Å². The minimum Gasteiger partial charge on any atom is -0.491 e. The van der Waals surface area contributed by atoms with Crippen molar-refractivity contribution in [2.75, 3.05) is 119 Å². The molecule has 0 bridgehead atoms. The molecule has 0 saturated heterocycles. The summed E-state index contributed by atoms with van der Waals surface area (Å²) < 4.78 is 49.0. The third-order valence-electron chi connectivity index (χ3n) is 5.51. The van der Waals surface area contributed by atoms with E-state index in [1.165, 1.54) is 11.1 Å². The Labute approximate surface area is 244 Å². The lowest BCUT2D eigenvalue weighted by molar-refractivity contribution is -0.0242. The summed E-state index contributed by atoms with van der Waals surface area (Å²) >= 11 is 0. The van der Waals surface area contributed by atoms with E-state index in [1.54, 1.807) is 0 Å². The zero-order chi connectivity index (χ0) is 28.9. The molecule has 0 aliphatic rings. The molecule has 0 unspecified atom stereocenters. The molecular formula is C31H48O10. The SMILES string of the molecule is OCCOCCOCCOCCOCCOCCOCCOCCOCCOc1ccc(Cc2ccccc2)cc1. The monoisotopic (exact) mass is 580 g/mol. The van der Waals surface area contributed by atoms with E-state index < -0.39 is 0 Å². The van der Waals surface area contributed by atoms with Crippen LogP contribution in [-0.2, 0) is 44.3 Å². The molecule has 2 aromatic carbocycles. The summed E-state index contributed by atoms with van der Waals surface area (Å²) in [6, 6.07) is 18.6. The molecule has 0 heterocycles. The van der Waals surface area contributed by atoms with Gasteiger partial charge < -0.3 is 47.7 Å².